The van der Waals surface area contributed by atoms with Crippen LogP contribution in [0.1, 0.15) is 20.7 Å². The highest BCUT2D eigenvalue weighted by Crippen LogP contribution is 2.47. The van der Waals surface area contributed by atoms with Crippen LogP contribution in [0, 0.1) is 0 Å². The summed E-state index contributed by atoms with van der Waals surface area (Å²) in [6.45, 7) is 0. The van der Waals surface area contributed by atoms with Gasteiger partial charge >= 0.3 is 11.9 Å². The quantitative estimate of drug-likeness (QED) is 0.722. The second kappa shape index (κ2) is 3.43. The lowest BCUT2D eigenvalue weighted by Gasteiger charge is -2.24. The van der Waals surface area contributed by atoms with E-state index in [-0.39, 0.29) is 11.1 Å². The highest BCUT2D eigenvalue weighted by molar-refractivity contribution is 6.06. The van der Waals surface area contributed by atoms with E-state index in [1.54, 1.807) is 24.3 Å². The molecule has 0 amide bonds. The van der Waals surface area contributed by atoms with Crippen LogP contribution in [0.4, 0.5) is 0 Å². The van der Waals surface area contributed by atoms with Crippen molar-refractivity contribution in [2.45, 2.75) is 0 Å². The number of aromatic carboxylic acids is 2. The predicted octanol–water partition coefficient (Wildman–Crippen LogP) is 2.73. The third-order valence-corrected chi connectivity index (χ3v) is 3.11. The fraction of sp³-hybridized carbons (Fsp3) is 0. The molecule has 0 fully saturated rings. The Morgan fingerprint density at radius 2 is 1.06 bits per heavy atom. The standard InChI is InChI=1S/C14H8O4/c15-13(16)7-1-3-9-11(5-7)10-4-2-8(14(17)18)6-12(9)10/h1-6H,(H,15,16)(H,17,18). The first-order chi connectivity index (χ1) is 8.58. The number of hydrogen-bond acceptors (Lipinski definition) is 2. The van der Waals surface area contributed by atoms with Gasteiger partial charge in [0.15, 0.2) is 0 Å². The second-order valence-electron chi connectivity index (χ2n) is 4.13. The van der Waals surface area contributed by atoms with Crippen molar-refractivity contribution in [1.82, 2.24) is 0 Å². The summed E-state index contributed by atoms with van der Waals surface area (Å²) in [5, 5.41) is 17.8. The van der Waals surface area contributed by atoms with Crippen molar-refractivity contribution < 1.29 is 19.8 Å². The predicted molar refractivity (Wildman–Crippen MR) is 64.8 cm³/mol. The average molecular weight is 240 g/mol. The van der Waals surface area contributed by atoms with E-state index in [0.29, 0.717) is 0 Å². The molecule has 2 aromatic rings. The van der Waals surface area contributed by atoms with Crippen molar-refractivity contribution in [2.24, 2.45) is 0 Å². The molecular formula is C14H8O4. The average Bonchev–Trinajstić information content (AvgIpc) is 2.34. The van der Waals surface area contributed by atoms with Crippen LogP contribution in [0.5, 0.6) is 0 Å². The van der Waals surface area contributed by atoms with Gasteiger partial charge in [0.05, 0.1) is 11.1 Å². The molecule has 0 radical (unpaired) electrons. The number of rotatable bonds is 2. The van der Waals surface area contributed by atoms with Gasteiger partial charge in [-0.25, -0.2) is 9.59 Å². The molecule has 0 atom stereocenters. The molecule has 0 bridgehead atoms. The maximum Gasteiger partial charge on any atom is 0.335 e. The third kappa shape index (κ3) is 1.32. The number of benzene rings is 2. The Hall–Kier alpha value is -2.62. The van der Waals surface area contributed by atoms with Gasteiger partial charge in [-0.15, -0.1) is 0 Å². The van der Waals surface area contributed by atoms with Gasteiger partial charge in [-0.1, -0.05) is 12.1 Å². The normalized spacial score (nSPS) is 11.1. The van der Waals surface area contributed by atoms with Crippen molar-refractivity contribution in [2.75, 3.05) is 0 Å². The van der Waals surface area contributed by atoms with Gasteiger partial charge in [-0.3, -0.25) is 0 Å². The van der Waals surface area contributed by atoms with Crippen molar-refractivity contribution in [3.8, 4) is 22.3 Å². The largest absolute Gasteiger partial charge is 0.478 e. The number of carbonyl (C=O) groups is 2. The first-order valence-electron chi connectivity index (χ1n) is 5.33. The molecule has 4 nitrogen and oxygen atoms in total. The van der Waals surface area contributed by atoms with E-state index in [9.17, 15) is 9.59 Å². The molecule has 0 aliphatic heterocycles. The monoisotopic (exact) mass is 240 g/mol. The van der Waals surface area contributed by atoms with Crippen molar-refractivity contribution in [1.29, 1.82) is 0 Å². The SMILES string of the molecule is O=C(O)c1ccc2c(c1)-c1ccc(C(=O)O)cc1-2. The van der Waals surface area contributed by atoms with Crippen LogP contribution < -0.4 is 0 Å². The fourth-order valence-electron chi connectivity index (χ4n) is 2.21. The Kier molecular flexibility index (Phi) is 2.01. The first-order valence-corrected chi connectivity index (χ1v) is 5.33. The van der Waals surface area contributed by atoms with Crippen LogP contribution in [0.2, 0.25) is 0 Å². The molecule has 0 spiro atoms. The van der Waals surface area contributed by atoms with Gasteiger partial charge in [0, 0.05) is 0 Å². The zero-order valence-electron chi connectivity index (χ0n) is 9.18. The smallest absolute Gasteiger partial charge is 0.335 e. The molecule has 18 heavy (non-hydrogen) atoms. The molecule has 1 aliphatic rings. The van der Waals surface area contributed by atoms with Gasteiger partial charge < -0.3 is 10.2 Å². The van der Waals surface area contributed by atoms with Crippen molar-refractivity contribution in [3.63, 3.8) is 0 Å². The van der Waals surface area contributed by atoms with E-state index < -0.39 is 11.9 Å². The van der Waals surface area contributed by atoms with E-state index in [0.717, 1.165) is 22.3 Å². The van der Waals surface area contributed by atoms with Crippen LogP contribution in [-0.4, -0.2) is 22.2 Å². The number of carboxylic acid groups (broad SMARTS) is 2. The van der Waals surface area contributed by atoms with Crippen LogP contribution in [0.3, 0.4) is 0 Å². The molecule has 88 valence electrons. The minimum Gasteiger partial charge on any atom is -0.478 e. The van der Waals surface area contributed by atoms with E-state index >= 15 is 0 Å². The van der Waals surface area contributed by atoms with Gasteiger partial charge in [0.1, 0.15) is 0 Å². The summed E-state index contributed by atoms with van der Waals surface area (Å²) in [7, 11) is 0. The summed E-state index contributed by atoms with van der Waals surface area (Å²) in [4.78, 5) is 21.7. The fourth-order valence-corrected chi connectivity index (χ4v) is 2.21. The Morgan fingerprint density at radius 1 is 0.667 bits per heavy atom. The lowest BCUT2D eigenvalue weighted by molar-refractivity contribution is 0.0686. The van der Waals surface area contributed by atoms with Gasteiger partial charge in [0.25, 0.3) is 0 Å². The van der Waals surface area contributed by atoms with E-state index in [1.165, 1.54) is 12.1 Å². The Balaban J connectivity index is 2.11. The van der Waals surface area contributed by atoms with E-state index in [1.807, 2.05) is 0 Å². The summed E-state index contributed by atoms with van der Waals surface area (Å²) in [6, 6.07) is 9.70. The molecule has 1 aliphatic carbocycles. The maximum absolute atomic E-state index is 10.9. The van der Waals surface area contributed by atoms with E-state index in [4.69, 9.17) is 10.2 Å². The second-order valence-corrected chi connectivity index (χ2v) is 4.13. The summed E-state index contributed by atoms with van der Waals surface area (Å²) < 4.78 is 0. The number of carboxylic acids is 2. The molecule has 4 heteroatoms. The minimum atomic E-state index is -0.964. The lowest BCUT2D eigenvalue weighted by atomic mass is 9.79. The summed E-state index contributed by atoms with van der Waals surface area (Å²) in [5.41, 5.74) is 4.00. The van der Waals surface area contributed by atoms with Crippen LogP contribution in [0.25, 0.3) is 22.3 Å². The van der Waals surface area contributed by atoms with E-state index in [2.05, 4.69) is 0 Å². The zero-order chi connectivity index (χ0) is 12.9. The summed E-state index contributed by atoms with van der Waals surface area (Å²) >= 11 is 0. The molecule has 0 unspecified atom stereocenters. The summed E-state index contributed by atoms with van der Waals surface area (Å²) in [5.74, 6) is -1.93. The minimum absolute atomic E-state index is 0.238. The highest BCUT2D eigenvalue weighted by atomic mass is 16.4. The number of hydrogen-bond donors (Lipinski definition) is 2. The molecule has 2 N–H and O–H groups in total. The number of fused-ring (bicyclic) bond motifs is 4. The highest BCUT2D eigenvalue weighted by Gasteiger charge is 2.24. The van der Waals surface area contributed by atoms with Crippen LogP contribution in [-0.2, 0) is 0 Å². The van der Waals surface area contributed by atoms with Crippen LogP contribution in [0.15, 0.2) is 36.4 Å². The Labute approximate surface area is 102 Å². The molecule has 2 aromatic carbocycles. The summed E-state index contributed by atoms with van der Waals surface area (Å²) in [6.07, 6.45) is 0. The Bertz CT molecular complexity index is 625. The topological polar surface area (TPSA) is 74.6 Å². The maximum atomic E-state index is 10.9. The van der Waals surface area contributed by atoms with Crippen LogP contribution >= 0.6 is 0 Å². The molecule has 0 saturated heterocycles. The molecule has 0 saturated carbocycles. The lowest BCUT2D eigenvalue weighted by Crippen LogP contribution is -2.05. The van der Waals surface area contributed by atoms with Crippen molar-refractivity contribution >= 4 is 11.9 Å². The molecule has 0 heterocycles. The van der Waals surface area contributed by atoms with Gasteiger partial charge in [-0.05, 0) is 46.5 Å². The van der Waals surface area contributed by atoms with Crippen molar-refractivity contribution in [3.05, 3.63) is 47.5 Å². The molecular weight excluding hydrogens is 232 g/mol. The van der Waals surface area contributed by atoms with Gasteiger partial charge in [0.2, 0.25) is 0 Å². The van der Waals surface area contributed by atoms with Gasteiger partial charge in [-0.2, -0.15) is 0 Å². The molecule has 3 rings (SSSR count). The Morgan fingerprint density at radius 3 is 1.39 bits per heavy atom. The molecule has 0 aromatic heterocycles. The first kappa shape index (κ1) is 10.5. The zero-order valence-corrected chi connectivity index (χ0v) is 9.18. The third-order valence-electron chi connectivity index (χ3n) is 3.11.